The van der Waals surface area contributed by atoms with Crippen LogP contribution in [0.25, 0.3) is 10.8 Å². The van der Waals surface area contributed by atoms with Crippen molar-refractivity contribution in [3.8, 4) is 5.75 Å². The number of nitrogens with zero attached hydrogens (tertiary/aromatic N) is 2. The number of benzene rings is 2. The van der Waals surface area contributed by atoms with Crippen LogP contribution < -0.4 is 4.74 Å². The fourth-order valence-electron chi connectivity index (χ4n) is 3.20. The Labute approximate surface area is 160 Å². The van der Waals surface area contributed by atoms with E-state index in [1.807, 2.05) is 17.5 Å². The fourth-order valence-corrected chi connectivity index (χ4v) is 3.74. The van der Waals surface area contributed by atoms with Crippen LogP contribution in [-0.4, -0.2) is 35.7 Å². The molecule has 2 heterocycles. The maximum atomic E-state index is 13.7. The van der Waals surface area contributed by atoms with Gasteiger partial charge in [-0.3, -0.25) is 0 Å². The minimum Gasteiger partial charge on any atom is -0.493 e. The van der Waals surface area contributed by atoms with Gasteiger partial charge in [-0.15, -0.1) is 11.3 Å². The highest BCUT2D eigenvalue weighted by Gasteiger charge is 2.27. The van der Waals surface area contributed by atoms with Gasteiger partial charge in [0.2, 0.25) is 0 Å². The van der Waals surface area contributed by atoms with Crippen LogP contribution >= 0.6 is 11.3 Å². The Morgan fingerprint density at radius 2 is 2.26 bits per heavy atom. The summed E-state index contributed by atoms with van der Waals surface area (Å²) >= 11 is 1.48. The Morgan fingerprint density at radius 1 is 1.33 bits per heavy atom. The molecule has 1 amide bonds. The maximum absolute atomic E-state index is 13.7. The van der Waals surface area contributed by atoms with Gasteiger partial charge in [0.25, 0.3) is 0 Å². The molecule has 1 unspecified atom stereocenters. The lowest BCUT2D eigenvalue weighted by atomic mass is 10.1. The SMILES string of the molecule is O=C(OCc1cscn1)N1CCC(COc2ccc3c(F)cccc3c2)C1. The molecule has 1 aliphatic rings. The van der Waals surface area contributed by atoms with Crippen LogP contribution in [0, 0.1) is 11.7 Å². The zero-order valence-corrected chi connectivity index (χ0v) is 15.5. The van der Waals surface area contributed by atoms with Crippen molar-refractivity contribution in [1.29, 1.82) is 0 Å². The van der Waals surface area contributed by atoms with Crippen molar-refractivity contribution in [2.75, 3.05) is 19.7 Å². The van der Waals surface area contributed by atoms with Crippen LogP contribution in [0.1, 0.15) is 12.1 Å². The molecule has 1 atom stereocenters. The van der Waals surface area contributed by atoms with Gasteiger partial charge in [0.1, 0.15) is 18.2 Å². The van der Waals surface area contributed by atoms with Crippen molar-refractivity contribution in [3.05, 3.63) is 58.8 Å². The van der Waals surface area contributed by atoms with E-state index in [1.165, 1.54) is 17.4 Å². The van der Waals surface area contributed by atoms with E-state index in [4.69, 9.17) is 9.47 Å². The van der Waals surface area contributed by atoms with E-state index in [1.54, 1.807) is 28.6 Å². The molecule has 0 bridgehead atoms. The lowest BCUT2D eigenvalue weighted by Crippen LogP contribution is -2.30. The number of fused-ring (bicyclic) bond motifs is 1. The molecule has 1 aromatic heterocycles. The molecule has 0 N–H and O–H groups in total. The third kappa shape index (κ3) is 4.19. The van der Waals surface area contributed by atoms with E-state index in [0.29, 0.717) is 30.8 Å². The van der Waals surface area contributed by atoms with E-state index in [0.717, 1.165) is 17.5 Å². The summed E-state index contributed by atoms with van der Waals surface area (Å²) in [6.45, 7) is 1.98. The van der Waals surface area contributed by atoms with Gasteiger partial charge in [-0.2, -0.15) is 0 Å². The van der Waals surface area contributed by atoms with Gasteiger partial charge >= 0.3 is 6.09 Å². The first-order chi connectivity index (χ1) is 13.2. The molecule has 4 rings (SSSR count). The second-order valence-corrected chi connectivity index (χ2v) is 7.29. The molecule has 2 aromatic carbocycles. The standard InChI is InChI=1S/C20H19FN2O3S/c21-19-3-1-2-15-8-17(4-5-18(15)19)25-10-14-6-7-23(9-14)20(24)26-11-16-12-27-13-22-16/h1-5,8,12-14H,6-7,9-11H2. The molecule has 0 spiro atoms. The number of thiazole rings is 1. The predicted molar refractivity (Wildman–Crippen MR) is 101 cm³/mol. The Kier molecular flexibility index (Phi) is 5.20. The van der Waals surface area contributed by atoms with Crippen LogP contribution in [0.3, 0.4) is 0 Å². The van der Waals surface area contributed by atoms with Crippen molar-refractivity contribution in [1.82, 2.24) is 9.88 Å². The monoisotopic (exact) mass is 386 g/mol. The Balaban J connectivity index is 1.28. The Bertz CT molecular complexity index is 932. The summed E-state index contributed by atoms with van der Waals surface area (Å²) in [5.41, 5.74) is 2.48. The van der Waals surface area contributed by atoms with E-state index < -0.39 is 0 Å². The van der Waals surface area contributed by atoms with Gasteiger partial charge < -0.3 is 14.4 Å². The zero-order valence-electron chi connectivity index (χ0n) is 14.6. The highest BCUT2D eigenvalue weighted by atomic mass is 32.1. The van der Waals surface area contributed by atoms with E-state index >= 15 is 0 Å². The van der Waals surface area contributed by atoms with Gasteiger partial charge in [-0.1, -0.05) is 12.1 Å². The number of rotatable bonds is 5. The Morgan fingerprint density at radius 3 is 3.11 bits per heavy atom. The van der Waals surface area contributed by atoms with Gasteiger partial charge in [0.15, 0.2) is 0 Å². The summed E-state index contributed by atoms with van der Waals surface area (Å²) in [6, 6.07) is 10.3. The lowest BCUT2D eigenvalue weighted by molar-refractivity contribution is 0.101. The second-order valence-electron chi connectivity index (χ2n) is 6.57. The number of aromatic nitrogens is 1. The Hall–Kier alpha value is -2.67. The van der Waals surface area contributed by atoms with Crippen LogP contribution in [0.15, 0.2) is 47.3 Å². The molecule has 5 nitrogen and oxygen atoms in total. The number of carbonyl (C=O) groups excluding carboxylic acids is 1. The molecule has 7 heteroatoms. The lowest BCUT2D eigenvalue weighted by Gasteiger charge is -2.16. The molecule has 27 heavy (non-hydrogen) atoms. The van der Waals surface area contributed by atoms with Crippen LogP contribution in [0.2, 0.25) is 0 Å². The van der Waals surface area contributed by atoms with Crippen LogP contribution in [0.4, 0.5) is 9.18 Å². The summed E-state index contributed by atoms with van der Waals surface area (Å²) in [5, 5.41) is 3.26. The second kappa shape index (κ2) is 7.92. The average molecular weight is 386 g/mol. The average Bonchev–Trinajstić information content (AvgIpc) is 3.36. The minimum absolute atomic E-state index is 0.202. The molecule has 0 saturated carbocycles. The predicted octanol–water partition coefficient (Wildman–Crippen LogP) is 4.47. The fraction of sp³-hybridized carbons (Fsp3) is 0.300. The third-order valence-corrected chi connectivity index (χ3v) is 5.29. The quantitative estimate of drug-likeness (QED) is 0.649. The summed E-state index contributed by atoms with van der Waals surface area (Å²) in [6.07, 6.45) is 0.556. The highest BCUT2D eigenvalue weighted by Crippen LogP contribution is 2.25. The van der Waals surface area contributed by atoms with E-state index in [-0.39, 0.29) is 24.4 Å². The van der Waals surface area contributed by atoms with Gasteiger partial charge in [0, 0.05) is 29.8 Å². The number of hydrogen-bond acceptors (Lipinski definition) is 5. The molecule has 0 radical (unpaired) electrons. The van der Waals surface area contributed by atoms with Gasteiger partial charge in [-0.05, 0) is 36.1 Å². The molecule has 1 aliphatic heterocycles. The number of ether oxygens (including phenoxy) is 2. The number of carbonyl (C=O) groups is 1. The summed E-state index contributed by atoms with van der Waals surface area (Å²) in [5.74, 6) is 0.722. The summed E-state index contributed by atoms with van der Waals surface area (Å²) in [7, 11) is 0. The summed E-state index contributed by atoms with van der Waals surface area (Å²) in [4.78, 5) is 17.9. The van der Waals surface area contributed by atoms with Crippen molar-refractivity contribution in [3.63, 3.8) is 0 Å². The van der Waals surface area contributed by atoms with Crippen LogP contribution in [0.5, 0.6) is 5.75 Å². The topological polar surface area (TPSA) is 51.7 Å². The van der Waals surface area contributed by atoms with Crippen molar-refractivity contribution < 1.29 is 18.7 Å². The number of hydrogen-bond donors (Lipinski definition) is 0. The number of likely N-dealkylation sites (tertiary alicyclic amines) is 1. The van der Waals surface area contributed by atoms with Gasteiger partial charge in [0.05, 0.1) is 17.8 Å². The maximum Gasteiger partial charge on any atom is 0.410 e. The first kappa shape index (κ1) is 17.7. The van der Waals surface area contributed by atoms with Crippen molar-refractivity contribution >= 4 is 28.2 Å². The normalized spacial score (nSPS) is 16.6. The van der Waals surface area contributed by atoms with E-state index in [9.17, 15) is 9.18 Å². The molecule has 1 fully saturated rings. The molecule has 0 aliphatic carbocycles. The molecule has 3 aromatic rings. The first-order valence-corrected chi connectivity index (χ1v) is 9.73. The highest BCUT2D eigenvalue weighted by molar-refractivity contribution is 7.07. The number of halogens is 1. The molecule has 1 saturated heterocycles. The van der Waals surface area contributed by atoms with Crippen LogP contribution in [-0.2, 0) is 11.3 Å². The third-order valence-electron chi connectivity index (χ3n) is 4.66. The summed E-state index contributed by atoms with van der Waals surface area (Å²) < 4.78 is 24.9. The smallest absolute Gasteiger partial charge is 0.410 e. The van der Waals surface area contributed by atoms with Crippen molar-refractivity contribution in [2.45, 2.75) is 13.0 Å². The number of amides is 1. The largest absolute Gasteiger partial charge is 0.493 e. The first-order valence-electron chi connectivity index (χ1n) is 8.79. The van der Waals surface area contributed by atoms with Gasteiger partial charge in [-0.25, -0.2) is 14.2 Å². The van der Waals surface area contributed by atoms with Crippen molar-refractivity contribution in [2.24, 2.45) is 5.92 Å². The van der Waals surface area contributed by atoms with E-state index in [2.05, 4.69) is 4.98 Å². The zero-order chi connectivity index (χ0) is 18.6. The molecule has 140 valence electrons. The minimum atomic E-state index is -0.313. The molecular formula is C20H19FN2O3S. The molecular weight excluding hydrogens is 367 g/mol.